The Hall–Kier alpha value is -0.0900. The van der Waals surface area contributed by atoms with E-state index in [1.807, 2.05) is 0 Å². The molecule has 0 saturated carbocycles. The molecule has 0 aliphatic rings. The molecule has 0 heterocycles. The van der Waals surface area contributed by atoms with E-state index < -0.39 is 0 Å². The van der Waals surface area contributed by atoms with E-state index in [9.17, 15) is 4.79 Å². The van der Waals surface area contributed by atoms with Crippen LogP contribution < -0.4 is 22.7 Å². The molecule has 0 spiro atoms. The Kier molecular flexibility index (Phi) is 32.0. The summed E-state index contributed by atoms with van der Waals surface area (Å²) in [5.41, 5.74) is 5.05. The Morgan fingerprint density at radius 2 is 0.839 bits per heavy atom. The number of quaternary nitrogens is 1. The number of unbranched alkanes of at least 4 members (excludes halogenated alkanes) is 17. The van der Waals surface area contributed by atoms with Crippen molar-refractivity contribution in [2.45, 2.75) is 142 Å². The van der Waals surface area contributed by atoms with Crippen molar-refractivity contribution in [1.82, 2.24) is 0 Å². The Morgan fingerprint density at radius 1 is 0.548 bits per heavy atom. The molecule has 0 saturated heterocycles. The molecule has 1 amide bonds. The summed E-state index contributed by atoms with van der Waals surface area (Å²) in [4.78, 5) is 10.4. The van der Waals surface area contributed by atoms with Crippen molar-refractivity contribution in [2.75, 3.05) is 27.7 Å². The van der Waals surface area contributed by atoms with Crippen LogP contribution >= 0.6 is 0 Å². The summed E-state index contributed by atoms with van der Waals surface area (Å²) in [6, 6.07) is 0. The summed E-state index contributed by atoms with van der Waals surface area (Å²) in [5, 5.41) is 0. The fraction of sp³-hybridized carbons (Fsp3) is 0.963. The first-order chi connectivity index (χ1) is 14.3. The summed E-state index contributed by atoms with van der Waals surface area (Å²) in [7, 11) is 6.86. The highest BCUT2D eigenvalue weighted by atomic mass is 79.9. The molecule has 0 aliphatic carbocycles. The number of hydrogen-bond acceptors (Lipinski definition) is 1. The number of rotatable bonds is 21. The van der Waals surface area contributed by atoms with Crippen LogP contribution in [0.25, 0.3) is 0 Å². The van der Waals surface area contributed by atoms with Gasteiger partial charge in [0, 0.05) is 6.42 Å². The SMILES string of the molecule is CCCCCCCCCCCC(N)=O.CCCCCCCCCCCC[N+](C)(C)C.[Br-]. The highest BCUT2D eigenvalue weighted by Crippen LogP contribution is 2.11. The lowest BCUT2D eigenvalue weighted by Gasteiger charge is -2.23. The standard InChI is InChI=1S/C15H34N.C12H25NO.BrH/c1-5-6-7-8-9-10-11-12-13-14-15-16(2,3)4;1-2-3-4-5-6-7-8-9-10-11-12(13)14;/h5-15H2,1-4H3;2-11H2,1H3,(H2,13,14);1H/q+1;;/p-1. The molecule has 4 heteroatoms. The highest BCUT2D eigenvalue weighted by molar-refractivity contribution is 5.73. The van der Waals surface area contributed by atoms with Crippen LogP contribution in [0.5, 0.6) is 0 Å². The van der Waals surface area contributed by atoms with Crippen molar-refractivity contribution >= 4 is 5.91 Å². The van der Waals surface area contributed by atoms with Gasteiger partial charge in [0.05, 0.1) is 27.7 Å². The van der Waals surface area contributed by atoms with Crippen LogP contribution in [0.3, 0.4) is 0 Å². The van der Waals surface area contributed by atoms with E-state index in [1.54, 1.807) is 0 Å². The molecule has 0 atom stereocenters. The number of primary amides is 1. The van der Waals surface area contributed by atoms with Crippen LogP contribution in [-0.4, -0.2) is 38.1 Å². The lowest BCUT2D eigenvalue weighted by molar-refractivity contribution is -0.870. The lowest BCUT2D eigenvalue weighted by Crippen LogP contribution is -3.00. The van der Waals surface area contributed by atoms with Gasteiger partial charge in [-0.2, -0.15) is 0 Å². The third-order valence-corrected chi connectivity index (χ3v) is 5.71. The van der Waals surface area contributed by atoms with E-state index in [2.05, 4.69) is 35.0 Å². The minimum absolute atomic E-state index is 0. The zero-order valence-corrected chi connectivity index (χ0v) is 23.7. The smallest absolute Gasteiger partial charge is 0.217 e. The number of nitrogens with zero attached hydrogens (tertiary/aromatic N) is 1. The zero-order valence-electron chi connectivity index (χ0n) is 22.2. The first-order valence-corrected chi connectivity index (χ1v) is 13.4. The monoisotopic (exact) mass is 506 g/mol. The second kappa shape index (κ2) is 27.9. The average molecular weight is 508 g/mol. The van der Waals surface area contributed by atoms with Crippen molar-refractivity contribution in [2.24, 2.45) is 5.73 Å². The van der Waals surface area contributed by atoms with Crippen molar-refractivity contribution in [3.8, 4) is 0 Å². The molecule has 0 radical (unpaired) electrons. The Labute approximate surface area is 207 Å². The third-order valence-electron chi connectivity index (χ3n) is 5.71. The summed E-state index contributed by atoms with van der Waals surface area (Å²) in [6.45, 7) is 5.86. The molecule has 0 bridgehead atoms. The molecule has 0 fully saturated rings. The fourth-order valence-electron chi connectivity index (χ4n) is 3.68. The molecule has 0 unspecified atom stereocenters. The van der Waals surface area contributed by atoms with Gasteiger partial charge in [0.2, 0.25) is 5.91 Å². The summed E-state index contributed by atoms with van der Waals surface area (Å²) in [6.07, 6.45) is 26.5. The molecule has 31 heavy (non-hydrogen) atoms. The minimum atomic E-state index is -0.159. The normalized spacial score (nSPS) is 10.9. The fourth-order valence-corrected chi connectivity index (χ4v) is 3.68. The van der Waals surface area contributed by atoms with Gasteiger partial charge in [-0.3, -0.25) is 4.79 Å². The van der Waals surface area contributed by atoms with Crippen LogP contribution in [0.2, 0.25) is 0 Å². The van der Waals surface area contributed by atoms with Gasteiger partial charge in [0.15, 0.2) is 0 Å². The molecule has 0 aliphatic heterocycles. The quantitative estimate of drug-likeness (QED) is 0.172. The van der Waals surface area contributed by atoms with Gasteiger partial charge >= 0.3 is 0 Å². The number of nitrogens with two attached hydrogens (primary N) is 1. The Bertz CT molecular complexity index is 343. The Balaban J connectivity index is -0.000000494. The van der Waals surface area contributed by atoms with Gasteiger partial charge < -0.3 is 27.2 Å². The van der Waals surface area contributed by atoms with E-state index in [0.29, 0.717) is 6.42 Å². The first kappa shape index (κ1) is 35.5. The van der Waals surface area contributed by atoms with E-state index >= 15 is 0 Å². The topological polar surface area (TPSA) is 43.1 Å². The highest BCUT2D eigenvalue weighted by Gasteiger charge is 2.04. The van der Waals surface area contributed by atoms with Gasteiger partial charge in [-0.15, -0.1) is 0 Å². The minimum Gasteiger partial charge on any atom is -1.00 e. The van der Waals surface area contributed by atoms with E-state index in [-0.39, 0.29) is 22.9 Å². The predicted octanol–water partition coefficient (Wildman–Crippen LogP) is 5.01. The number of carbonyl (C=O) groups is 1. The zero-order chi connectivity index (χ0) is 22.9. The van der Waals surface area contributed by atoms with Crippen LogP contribution in [0.15, 0.2) is 0 Å². The average Bonchev–Trinajstić information content (AvgIpc) is 2.67. The summed E-state index contributed by atoms with van der Waals surface area (Å²) in [5.74, 6) is -0.159. The second-order valence-electron chi connectivity index (χ2n) is 10.2. The molecule has 0 aromatic rings. The predicted molar refractivity (Wildman–Crippen MR) is 136 cm³/mol. The van der Waals surface area contributed by atoms with Crippen molar-refractivity contribution in [3.63, 3.8) is 0 Å². The maximum absolute atomic E-state index is 10.4. The Morgan fingerprint density at radius 3 is 1.13 bits per heavy atom. The van der Waals surface area contributed by atoms with E-state index in [4.69, 9.17) is 5.73 Å². The molecule has 0 aromatic carbocycles. The first-order valence-electron chi connectivity index (χ1n) is 13.4. The van der Waals surface area contributed by atoms with Crippen molar-refractivity contribution in [1.29, 1.82) is 0 Å². The molecule has 3 nitrogen and oxygen atoms in total. The molecule has 0 rings (SSSR count). The summed E-state index contributed by atoms with van der Waals surface area (Å²) < 4.78 is 1.12. The summed E-state index contributed by atoms with van der Waals surface area (Å²) >= 11 is 0. The largest absolute Gasteiger partial charge is 1.00 e. The van der Waals surface area contributed by atoms with Gasteiger partial charge in [-0.05, 0) is 19.3 Å². The third kappa shape index (κ3) is 40.8. The number of halogens is 1. The van der Waals surface area contributed by atoms with E-state index in [0.717, 1.165) is 17.3 Å². The van der Waals surface area contributed by atoms with Gasteiger partial charge in [-0.1, -0.05) is 117 Å². The van der Waals surface area contributed by atoms with Crippen molar-refractivity contribution < 1.29 is 26.3 Å². The van der Waals surface area contributed by atoms with E-state index in [1.165, 1.54) is 116 Å². The molecule has 2 N–H and O–H groups in total. The number of amides is 1. The van der Waals surface area contributed by atoms with Crippen LogP contribution in [0.4, 0.5) is 0 Å². The van der Waals surface area contributed by atoms with Gasteiger partial charge in [-0.25, -0.2) is 0 Å². The maximum atomic E-state index is 10.4. The number of hydrogen-bond donors (Lipinski definition) is 1. The molecule has 190 valence electrons. The lowest BCUT2D eigenvalue weighted by atomic mass is 10.1. The number of carbonyl (C=O) groups excluding carboxylic acids is 1. The maximum Gasteiger partial charge on any atom is 0.217 e. The van der Waals surface area contributed by atoms with Crippen LogP contribution in [0.1, 0.15) is 142 Å². The van der Waals surface area contributed by atoms with Gasteiger partial charge in [0.1, 0.15) is 0 Å². The second-order valence-corrected chi connectivity index (χ2v) is 10.2. The van der Waals surface area contributed by atoms with Gasteiger partial charge in [0.25, 0.3) is 0 Å². The van der Waals surface area contributed by atoms with Crippen molar-refractivity contribution in [3.05, 3.63) is 0 Å². The molecular formula is C27H59BrN2O. The molecule has 0 aromatic heterocycles. The van der Waals surface area contributed by atoms with Crippen LogP contribution in [-0.2, 0) is 4.79 Å². The molecular weight excluding hydrogens is 448 g/mol. The van der Waals surface area contributed by atoms with Crippen LogP contribution in [0, 0.1) is 0 Å².